The lowest BCUT2D eigenvalue weighted by Gasteiger charge is -2.45. The lowest BCUT2D eigenvalue weighted by Crippen LogP contribution is -2.65. The second kappa shape index (κ2) is 11.0. The molecule has 0 spiro atoms. The Labute approximate surface area is 209 Å². The molecule has 0 saturated heterocycles. The lowest BCUT2D eigenvalue weighted by molar-refractivity contribution is -0.133. The standard InChI is InChI=1S/C28H41N3O4/c1-20(2)35-16-10-15-31-26(32)25-17-21-13-14-23(34-4)18-24(21)30(25)19-28(31,3)27(33)29-22-11-8-6-5-7-9-12-22/h13-14,17-18,20,22H,5-12,15-16,19H2,1-4H3,(H,29,33)/t28-/m1/s1. The van der Waals surface area contributed by atoms with E-state index in [0.717, 1.165) is 42.3 Å². The molecular weight excluding hydrogens is 442 g/mol. The molecule has 7 heteroatoms. The first-order valence-corrected chi connectivity index (χ1v) is 13.3. The van der Waals surface area contributed by atoms with Gasteiger partial charge in [0.05, 0.1) is 25.3 Å². The SMILES string of the molecule is COc1ccc2cc3n(c2c1)C[C@](C)(C(=O)NC1CCCCCCC1)N(CCCOC(C)C)C3=O. The molecule has 0 radical (unpaired) electrons. The molecule has 0 unspecified atom stereocenters. The number of hydrogen-bond donors (Lipinski definition) is 1. The summed E-state index contributed by atoms with van der Waals surface area (Å²) in [6, 6.07) is 7.93. The van der Waals surface area contributed by atoms with Crippen LogP contribution in [0.25, 0.3) is 10.9 Å². The van der Waals surface area contributed by atoms with E-state index >= 15 is 0 Å². The number of rotatable bonds is 8. The van der Waals surface area contributed by atoms with Crippen LogP contribution >= 0.6 is 0 Å². The highest BCUT2D eigenvalue weighted by Gasteiger charge is 2.47. The maximum atomic E-state index is 13.9. The summed E-state index contributed by atoms with van der Waals surface area (Å²) in [5.41, 5.74) is 0.550. The maximum absolute atomic E-state index is 13.9. The topological polar surface area (TPSA) is 72.8 Å². The Hall–Kier alpha value is -2.54. The monoisotopic (exact) mass is 483 g/mol. The summed E-state index contributed by atoms with van der Waals surface area (Å²) in [5, 5.41) is 4.32. The number of nitrogens with zero attached hydrogens (tertiary/aromatic N) is 2. The first kappa shape index (κ1) is 25.5. The fraction of sp³-hybridized carbons (Fsp3) is 0.643. The Morgan fingerprint density at radius 3 is 2.54 bits per heavy atom. The quantitative estimate of drug-likeness (QED) is 0.542. The van der Waals surface area contributed by atoms with Gasteiger partial charge in [-0.3, -0.25) is 9.59 Å². The molecule has 1 aromatic heterocycles. The zero-order valence-corrected chi connectivity index (χ0v) is 21.8. The fourth-order valence-electron chi connectivity index (χ4n) is 5.49. The number of carbonyl (C=O) groups excluding carboxylic acids is 2. The van der Waals surface area contributed by atoms with E-state index in [0.29, 0.717) is 31.8 Å². The van der Waals surface area contributed by atoms with Gasteiger partial charge in [-0.15, -0.1) is 0 Å². The van der Waals surface area contributed by atoms with Crippen LogP contribution in [0, 0.1) is 0 Å². The molecular formula is C28H41N3O4. The van der Waals surface area contributed by atoms with Gasteiger partial charge in [-0.05, 0) is 58.2 Å². The van der Waals surface area contributed by atoms with Crippen LogP contribution in [0.15, 0.2) is 24.3 Å². The highest BCUT2D eigenvalue weighted by Crippen LogP contribution is 2.34. The smallest absolute Gasteiger partial charge is 0.271 e. The first-order chi connectivity index (χ1) is 16.8. The van der Waals surface area contributed by atoms with Gasteiger partial charge in [-0.1, -0.05) is 32.1 Å². The number of ether oxygens (including phenoxy) is 2. The molecule has 2 aliphatic rings. The molecule has 1 aliphatic carbocycles. The van der Waals surface area contributed by atoms with Gasteiger partial charge < -0.3 is 24.3 Å². The van der Waals surface area contributed by atoms with Crippen LogP contribution in [0.5, 0.6) is 5.75 Å². The molecule has 7 nitrogen and oxygen atoms in total. The third kappa shape index (κ3) is 5.50. The van der Waals surface area contributed by atoms with E-state index < -0.39 is 5.54 Å². The lowest BCUT2D eigenvalue weighted by atomic mass is 9.92. The molecule has 35 heavy (non-hydrogen) atoms. The van der Waals surface area contributed by atoms with E-state index in [1.807, 2.05) is 49.6 Å². The zero-order chi connectivity index (χ0) is 25.0. The van der Waals surface area contributed by atoms with Gasteiger partial charge in [-0.25, -0.2) is 0 Å². The summed E-state index contributed by atoms with van der Waals surface area (Å²) in [6.45, 7) is 7.37. The van der Waals surface area contributed by atoms with E-state index in [1.54, 1.807) is 12.0 Å². The number of benzene rings is 1. The van der Waals surface area contributed by atoms with Crippen molar-refractivity contribution in [1.29, 1.82) is 0 Å². The van der Waals surface area contributed by atoms with Crippen LogP contribution in [0.1, 0.15) is 82.6 Å². The predicted octanol–water partition coefficient (Wildman–Crippen LogP) is 4.91. The largest absolute Gasteiger partial charge is 0.497 e. The average molecular weight is 484 g/mol. The number of nitrogens with one attached hydrogen (secondary N) is 1. The number of aromatic nitrogens is 1. The summed E-state index contributed by atoms with van der Waals surface area (Å²) in [6.07, 6.45) is 8.86. The fourth-order valence-corrected chi connectivity index (χ4v) is 5.49. The third-order valence-corrected chi connectivity index (χ3v) is 7.54. The van der Waals surface area contributed by atoms with Crippen molar-refractivity contribution in [3.63, 3.8) is 0 Å². The van der Waals surface area contributed by atoms with Crippen LogP contribution in [0.3, 0.4) is 0 Å². The number of methoxy groups -OCH3 is 1. The molecule has 1 atom stereocenters. The minimum absolute atomic E-state index is 0.0587. The molecule has 1 saturated carbocycles. The molecule has 0 bridgehead atoms. The number of carbonyl (C=O) groups is 2. The summed E-state index contributed by atoms with van der Waals surface area (Å²) < 4.78 is 13.2. The van der Waals surface area contributed by atoms with Crippen molar-refractivity contribution < 1.29 is 19.1 Å². The van der Waals surface area contributed by atoms with Crippen molar-refractivity contribution in [2.75, 3.05) is 20.3 Å². The van der Waals surface area contributed by atoms with Gasteiger partial charge in [0, 0.05) is 30.6 Å². The number of amides is 2. The molecule has 1 fully saturated rings. The summed E-state index contributed by atoms with van der Waals surface area (Å²) in [5.74, 6) is 0.572. The molecule has 192 valence electrons. The van der Waals surface area contributed by atoms with Crippen molar-refractivity contribution >= 4 is 22.7 Å². The van der Waals surface area contributed by atoms with Crippen molar-refractivity contribution in [3.05, 3.63) is 30.0 Å². The van der Waals surface area contributed by atoms with Gasteiger partial charge in [0.2, 0.25) is 5.91 Å². The summed E-state index contributed by atoms with van der Waals surface area (Å²) in [7, 11) is 1.64. The number of hydrogen-bond acceptors (Lipinski definition) is 4. The molecule has 1 aliphatic heterocycles. The molecule has 2 aromatic rings. The van der Waals surface area contributed by atoms with E-state index in [9.17, 15) is 9.59 Å². The van der Waals surface area contributed by atoms with Crippen molar-refractivity contribution in [1.82, 2.24) is 14.8 Å². The van der Waals surface area contributed by atoms with E-state index in [4.69, 9.17) is 9.47 Å². The predicted molar refractivity (Wildman–Crippen MR) is 138 cm³/mol. The minimum Gasteiger partial charge on any atom is -0.497 e. The minimum atomic E-state index is -0.987. The van der Waals surface area contributed by atoms with Crippen LogP contribution in [0.4, 0.5) is 0 Å². The van der Waals surface area contributed by atoms with Crippen LogP contribution in [-0.4, -0.2) is 59.2 Å². The van der Waals surface area contributed by atoms with Crippen molar-refractivity contribution in [2.45, 2.75) is 96.4 Å². The first-order valence-electron chi connectivity index (χ1n) is 13.3. The second-order valence-electron chi connectivity index (χ2n) is 10.6. The zero-order valence-electron chi connectivity index (χ0n) is 21.8. The second-order valence-corrected chi connectivity index (χ2v) is 10.6. The van der Waals surface area contributed by atoms with E-state index in [2.05, 4.69) is 5.32 Å². The van der Waals surface area contributed by atoms with Gasteiger partial charge >= 0.3 is 0 Å². The van der Waals surface area contributed by atoms with Crippen molar-refractivity contribution in [3.8, 4) is 5.75 Å². The normalized spacial score (nSPS) is 21.6. The molecule has 1 aromatic carbocycles. The molecule has 4 rings (SSSR count). The van der Waals surface area contributed by atoms with Gasteiger partial charge in [0.1, 0.15) is 17.0 Å². The van der Waals surface area contributed by atoms with Gasteiger partial charge in [0.15, 0.2) is 0 Å². The molecule has 1 N–H and O–H groups in total. The third-order valence-electron chi connectivity index (χ3n) is 7.54. The highest BCUT2D eigenvalue weighted by atomic mass is 16.5. The van der Waals surface area contributed by atoms with Crippen LogP contribution in [-0.2, 0) is 16.1 Å². The number of fused-ring (bicyclic) bond motifs is 3. The average Bonchev–Trinajstić information content (AvgIpc) is 3.17. The Kier molecular flexibility index (Phi) is 8.05. The maximum Gasteiger partial charge on any atom is 0.271 e. The van der Waals surface area contributed by atoms with Crippen LogP contribution < -0.4 is 10.1 Å². The van der Waals surface area contributed by atoms with Crippen molar-refractivity contribution in [2.24, 2.45) is 0 Å². The van der Waals surface area contributed by atoms with Crippen LogP contribution in [0.2, 0.25) is 0 Å². The van der Waals surface area contributed by atoms with E-state index in [-0.39, 0.29) is 24.0 Å². The Balaban J connectivity index is 1.64. The van der Waals surface area contributed by atoms with Gasteiger partial charge in [0.25, 0.3) is 5.91 Å². The van der Waals surface area contributed by atoms with E-state index in [1.165, 1.54) is 19.3 Å². The molecule has 2 amide bonds. The Morgan fingerprint density at radius 2 is 1.86 bits per heavy atom. The Morgan fingerprint density at radius 1 is 1.14 bits per heavy atom. The summed E-state index contributed by atoms with van der Waals surface area (Å²) in [4.78, 5) is 29.5. The van der Waals surface area contributed by atoms with Gasteiger partial charge in [-0.2, -0.15) is 0 Å². The molecule has 2 heterocycles. The summed E-state index contributed by atoms with van der Waals surface area (Å²) >= 11 is 0. The highest BCUT2D eigenvalue weighted by molar-refractivity contribution is 6.03. The Bertz CT molecular complexity index is 1040.